The third-order valence-electron chi connectivity index (χ3n) is 2.82. The van der Waals surface area contributed by atoms with Gasteiger partial charge >= 0.3 is 0 Å². The lowest BCUT2D eigenvalue weighted by molar-refractivity contribution is -0.127. The van der Waals surface area contributed by atoms with Gasteiger partial charge in [0.15, 0.2) is 12.0 Å². The fourth-order valence-corrected chi connectivity index (χ4v) is 1.96. The smallest absolute Gasteiger partial charge is 0.184 e. The van der Waals surface area contributed by atoms with Crippen LogP contribution in [-0.2, 0) is 4.79 Å². The lowest BCUT2D eigenvalue weighted by Crippen LogP contribution is -2.36. The highest BCUT2D eigenvalue weighted by Crippen LogP contribution is 2.28. The SMILES string of the molecule is CC(=O)[C@@H](F)[C@@H](O)C1CCCCC1. The maximum Gasteiger partial charge on any atom is 0.184 e. The van der Waals surface area contributed by atoms with Crippen LogP contribution >= 0.6 is 0 Å². The molecule has 0 amide bonds. The standard InChI is InChI=1S/C10H17FO2/c1-7(12)9(11)10(13)8-5-3-2-4-6-8/h8-10,13H,2-6H2,1H3/t9-,10+/m1/s1. The number of Topliss-reactive ketones (excluding diaryl/α,β-unsaturated/α-hetero) is 1. The van der Waals surface area contributed by atoms with Crippen molar-refractivity contribution in [3.63, 3.8) is 0 Å². The molecule has 0 aromatic rings. The molecule has 0 spiro atoms. The maximum absolute atomic E-state index is 13.1. The number of hydrogen-bond acceptors (Lipinski definition) is 2. The summed E-state index contributed by atoms with van der Waals surface area (Å²) in [6.45, 7) is 1.19. The Morgan fingerprint density at radius 2 is 1.92 bits per heavy atom. The lowest BCUT2D eigenvalue weighted by atomic mass is 9.83. The van der Waals surface area contributed by atoms with Crippen LogP contribution in [0.25, 0.3) is 0 Å². The van der Waals surface area contributed by atoms with Gasteiger partial charge in [-0.05, 0) is 25.7 Å². The molecular formula is C10H17FO2. The van der Waals surface area contributed by atoms with Crippen molar-refractivity contribution >= 4 is 5.78 Å². The number of aliphatic hydroxyl groups is 1. The molecule has 0 aromatic carbocycles. The summed E-state index contributed by atoms with van der Waals surface area (Å²) in [6, 6.07) is 0. The van der Waals surface area contributed by atoms with E-state index in [1.165, 1.54) is 13.3 Å². The average molecular weight is 188 g/mol. The summed E-state index contributed by atoms with van der Waals surface area (Å²) < 4.78 is 13.1. The second kappa shape index (κ2) is 4.70. The van der Waals surface area contributed by atoms with Crippen molar-refractivity contribution in [1.29, 1.82) is 0 Å². The van der Waals surface area contributed by atoms with Crippen LogP contribution in [0.5, 0.6) is 0 Å². The number of carbonyl (C=O) groups excluding carboxylic acids is 1. The van der Waals surface area contributed by atoms with Crippen molar-refractivity contribution in [2.75, 3.05) is 0 Å². The van der Waals surface area contributed by atoms with E-state index in [4.69, 9.17) is 0 Å². The van der Waals surface area contributed by atoms with E-state index < -0.39 is 18.1 Å². The fraction of sp³-hybridized carbons (Fsp3) is 0.900. The first-order chi connectivity index (χ1) is 6.13. The minimum atomic E-state index is -1.68. The molecular weight excluding hydrogens is 171 g/mol. The van der Waals surface area contributed by atoms with Gasteiger partial charge < -0.3 is 5.11 Å². The van der Waals surface area contributed by atoms with E-state index >= 15 is 0 Å². The van der Waals surface area contributed by atoms with Gasteiger partial charge in [0.1, 0.15) is 0 Å². The van der Waals surface area contributed by atoms with E-state index in [9.17, 15) is 14.3 Å². The van der Waals surface area contributed by atoms with Crippen molar-refractivity contribution in [2.45, 2.75) is 51.3 Å². The van der Waals surface area contributed by atoms with Crippen molar-refractivity contribution in [3.8, 4) is 0 Å². The van der Waals surface area contributed by atoms with Gasteiger partial charge in [-0.15, -0.1) is 0 Å². The number of rotatable bonds is 3. The predicted octanol–water partition coefficient (Wildman–Crippen LogP) is 1.85. The monoisotopic (exact) mass is 188 g/mol. The first kappa shape index (κ1) is 10.6. The van der Waals surface area contributed by atoms with E-state index in [2.05, 4.69) is 0 Å². The van der Waals surface area contributed by atoms with Gasteiger partial charge in [0.2, 0.25) is 0 Å². The Hall–Kier alpha value is -0.440. The zero-order valence-corrected chi connectivity index (χ0v) is 8.00. The molecule has 3 heteroatoms. The summed E-state index contributed by atoms with van der Waals surface area (Å²) in [5.41, 5.74) is 0. The van der Waals surface area contributed by atoms with Gasteiger partial charge in [0.25, 0.3) is 0 Å². The molecule has 0 radical (unpaired) electrons. The molecule has 1 rings (SSSR count). The number of ketones is 1. The minimum Gasteiger partial charge on any atom is -0.389 e. The largest absolute Gasteiger partial charge is 0.389 e. The van der Waals surface area contributed by atoms with Gasteiger partial charge in [0.05, 0.1) is 6.10 Å². The topological polar surface area (TPSA) is 37.3 Å². The van der Waals surface area contributed by atoms with Gasteiger partial charge in [-0.25, -0.2) is 4.39 Å². The van der Waals surface area contributed by atoms with Gasteiger partial charge in [-0.3, -0.25) is 4.79 Å². The summed E-state index contributed by atoms with van der Waals surface area (Å²) >= 11 is 0. The number of aliphatic hydroxyl groups excluding tert-OH is 1. The Balaban J connectivity index is 2.44. The van der Waals surface area contributed by atoms with Crippen molar-refractivity contribution in [2.24, 2.45) is 5.92 Å². The van der Waals surface area contributed by atoms with Crippen LogP contribution in [0.3, 0.4) is 0 Å². The highest BCUT2D eigenvalue weighted by molar-refractivity contribution is 5.80. The third-order valence-corrected chi connectivity index (χ3v) is 2.82. The summed E-state index contributed by atoms with van der Waals surface area (Å²) in [6.07, 6.45) is 2.23. The summed E-state index contributed by atoms with van der Waals surface area (Å²) in [5.74, 6) is -0.564. The fourth-order valence-electron chi connectivity index (χ4n) is 1.96. The van der Waals surface area contributed by atoms with Crippen LogP contribution in [0.1, 0.15) is 39.0 Å². The van der Waals surface area contributed by atoms with E-state index in [1.807, 2.05) is 0 Å². The minimum absolute atomic E-state index is 0.00681. The summed E-state index contributed by atoms with van der Waals surface area (Å²) in [4.78, 5) is 10.7. The molecule has 2 atom stereocenters. The van der Waals surface area contributed by atoms with Gasteiger partial charge in [0, 0.05) is 0 Å². The van der Waals surface area contributed by atoms with Gasteiger partial charge in [-0.1, -0.05) is 19.3 Å². The lowest BCUT2D eigenvalue weighted by Gasteiger charge is -2.27. The first-order valence-corrected chi connectivity index (χ1v) is 4.95. The molecule has 1 aliphatic carbocycles. The molecule has 76 valence electrons. The second-order valence-electron chi connectivity index (χ2n) is 3.90. The molecule has 0 bridgehead atoms. The number of halogens is 1. The normalized spacial score (nSPS) is 23.9. The predicted molar refractivity (Wildman–Crippen MR) is 48.2 cm³/mol. The third kappa shape index (κ3) is 2.76. The molecule has 1 aliphatic rings. The van der Waals surface area contributed by atoms with E-state index in [0.717, 1.165) is 25.7 Å². The van der Waals surface area contributed by atoms with Crippen LogP contribution in [0.4, 0.5) is 4.39 Å². The van der Waals surface area contributed by atoms with Crippen LogP contribution in [0, 0.1) is 5.92 Å². The van der Waals surface area contributed by atoms with Crippen LogP contribution in [0.15, 0.2) is 0 Å². The number of alkyl halides is 1. The highest BCUT2D eigenvalue weighted by atomic mass is 19.1. The zero-order valence-electron chi connectivity index (χ0n) is 8.00. The Labute approximate surface area is 78.1 Å². The second-order valence-corrected chi connectivity index (χ2v) is 3.90. The molecule has 1 fully saturated rings. The van der Waals surface area contributed by atoms with Crippen LogP contribution in [-0.4, -0.2) is 23.2 Å². The van der Waals surface area contributed by atoms with Crippen LogP contribution in [0.2, 0.25) is 0 Å². The quantitative estimate of drug-likeness (QED) is 0.734. The molecule has 0 aromatic heterocycles. The van der Waals surface area contributed by atoms with E-state index in [1.54, 1.807) is 0 Å². The van der Waals surface area contributed by atoms with E-state index in [-0.39, 0.29) is 5.92 Å². The molecule has 0 unspecified atom stereocenters. The molecule has 2 nitrogen and oxygen atoms in total. The maximum atomic E-state index is 13.1. The summed E-state index contributed by atoms with van der Waals surface area (Å²) in [5, 5.41) is 9.52. The van der Waals surface area contributed by atoms with E-state index in [0.29, 0.717) is 0 Å². The zero-order chi connectivity index (χ0) is 9.84. The van der Waals surface area contributed by atoms with Gasteiger partial charge in [-0.2, -0.15) is 0 Å². The number of carbonyl (C=O) groups is 1. The van der Waals surface area contributed by atoms with Crippen molar-refractivity contribution < 1.29 is 14.3 Å². The molecule has 13 heavy (non-hydrogen) atoms. The Kier molecular flexibility index (Phi) is 3.85. The van der Waals surface area contributed by atoms with Crippen molar-refractivity contribution in [1.82, 2.24) is 0 Å². The molecule has 0 saturated heterocycles. The Bertz CT molecular complexity index is 176. The molecule has 0 heterocycles. The van der Waals surface area contributed by atoms with Crippen LogP contribution < -0.4 is 0 Å². The molecule has 1 N–H and O–H groups in total. The van der Waals surface area contributed by atoms with Crippen molar-refractivity contribution in [3.05, 3.63) is 0 Å². The molecule has 1 saturated carbocycles. The number of hydrogen-bond donors (Lipinski definition) is 1. The Morgan fingerprint density at radius 3 is 2.38 bits per heavy atom. The average Bonchev–Trinajstić information content (AvgIpc) is 2.17. The first-order valence-electron chi connectivity index (χ1n) is 4.95. The summed E-state index contributed by atoms with van der Waals surface area (Å²) in [7, 11) is 0. The Morgan fingerprint density at radius 1 is 1.38 bits per heavy atom. The molecule has 0 aliphatic heterocycles. The highest BCUT2D eigenvalue weighted by Gasteiger charge is 2.31.